The molecule has 3 amide bonds. The van der Waals surface area contributed by atoms with E-state index in [-0.39, 0.29) is 35.1 Å². The summed E-state index contributed by atoms with van der Waals surface area (Å²) in [6.45, 7) is 3.09. The molecule has 2 N–H and O–H groups in total. The van der Waals surface area contributed by atoms with Gasteiger partial charge in [-0.05, 0) is 43.0 Å². The molecule has 8 nitrogen and oxygen atoms in total. The zero-order valence-electron chi connectivity index (χ0n) is 17.8. The number of halogens is 1. The number of fused-ring (bicyclic) bond motifs is 2. The predicted octanol–water partition coefficient (Wildman–Crippen LogP) is 1.58. The van der Waals surface area contributed by atoms with Gasteiger partial charge in [-0.3, -0.25) is 4.79 Å². The van der Waals surface area contributed by atoms with Gasteiger partial charge in [-0.15, -0.1) is 0 Å². The molecule has 1 aromatic carbocycles. The molecule has 3 aliphatic rings. The Balaban J connectivity index is 1.15. The molecule has 3 fully saturated rings. The summed E-state index contributed by atoms with van der Waals surface area (Å²) >= 11 is 0. The van der Waals surface area contributed by atoms with Crippen molar-refractivity contribution >= 4 is 17.9 Å². The van der Waals surface area contributed by atoms with Gasteiger partial charge in [0, 0.05) is 56.6 Å². The van der Waals surface area contributed by atoms with Gasteiger partial charge in [0.1, 0.15) is 5.82 Å². The van der Waals surface area contributed by atoms with E-state index in [2.05, 4.69) is 25.5 Å². The van der Waals surface area contributed by atoms with Gasteiger partial charge in [0.2, 0.25) is 11.9 Å². The fraction of sp³-hybridized carbons (Fsp3) is 0.478. The predicted molar refractivity (Wildman–Crippen MR) is 116 cm³/mol. The molecular formula is C23H27FN6O2. The highest BCUT2D eigenvalue weighted by Crippen LogP contribution is 2.44. The Morgan fingerprint density at radius 1 is 1.16 bits per heavy atom. The summed E-state index contributed by atoms with van der Waals surface area (Å²) < 4.78 is 13.0. The summed E-state index contributed by atoms with van der Waals surface area (Å²) in [4.78, 5) is 37.9. The van der Waals surface area contributed by atoms with Gasteiger partial charge in [0.25, 0.3) is 0 Å². The number of nitrogens with one attached hydrogen (secondary N) is 2. The molecule has 0 bridgehead atoms. The summed E-state index contributed by atoms with van der Waals surface area (Å²) in [6, 6.07) is 8.02. The molecule has 5 rings (SSSR count). The lowest BCUT2D eigenvalue weighted by molar-refractivity contribution is -0.122. The molecule has 9 heteroatoms. The average molecular weight is 439 g/mol. The number of anilines is 1. The quantitative estimate of drug-likeness (QED) is 0.757. The van der Waals surface area contributed by atoms with Crippen LogP contribution in [0.1, 0.15) is 18.4 Å². The molecule has 0 unspecified atom stereocenters. The minimum absolute atomic E-state index is 0.0603. The molecule has 0 saturated carbocycles. The normalized spacial score (nSPS) is 23.8. The maximum atomic E-state index is 13.0. The maximum absolute atomic E-state index is 13.0. The molecular weight excluding hydrogens is 411 g/mol. The third-order valence-electron chi connectivity index (χ3n) is 7.12. The Morgan fingerprint density at radius 3 is 2.59 bits per heavy atom. The zero-order valence-corrected chi connectivity index (χ0v) is 17.8. The van der Waals surface area contributed by atoms with Gasteiger partial charge in [-0.25, -0.2) is 19.2 Å². The highest BCUT2D eigenvalue weighted by Gasteiger charge is 2.57. The van der Waals surface area contributed by atoms with E-state index >= 15 is 0 Å². The number of rotatable bonds is 4. The SMILES string of the molecule is O=C1NC2(CCN(C(=O)NCCc3ccc(F)cc3)CC2)[C@H]2CN(c3ncccn3)C[C@@H]12. The number of piperidine rings is 1. The number of nitrogens with zero attached hydrogens (tertiary/aromatic N) is 4. The third-order valence-corrected chi connectivity index (χ3v) is 7.12. The number of carbonyl (C=O) groups excluding carboxylic acids is 2. The van der Waals surface area contributed by atoms with Crippen molar-refractivity contribution in [1.82, 2.24) is 25.5 Å². The number of hydrogen-bond donors (Lipinski definition) is 2. The lowest BCUT2D eigenvalue weighted by Gasteiger charge is -2.42. The number of carbonyl (C=O) groups is 2. The van der Waals surface area contributed by atoms with E-state index in [9.17, 15) is 14.0 Å². The number of benzene rings is 1. The van der Waals surface area contributed by atoms with Crippen molar-refractivity contribution in [1.29, 1.82) is 0 Å². The Hall–Kier alpha value is -3.23. The number of likely N-dealkylation sites (tertiary alicyclic amines) is 1. The van der Waals surface area contributed by atoms with Crippen molar-refractivity contribution in [3.63, 3.8) is 0 Å². The van der Waals surface area contributed by atoms with Crippen LogP contribution in [0.4, 0.5) is 15.1 Å². The number of hydrogen-bond acceptors (Lipinski definition) is 5. The summed E-state index contributed by atoms with van der Waals surface area (Å²) in [6.07, 6.45) is 5.59. The number of amides is 3. The van der Waals surface area contributed by atoms with Gasteiger partial charge in [-0.2, -0.15) is 0 Å². The lowest BCUT2D eigenvalue weighted by Crippen LogP contribution is -2.57. The van der Waals surface area contributed by atoms with Crippen LogP contribution in [0, 0.1) is 17.7 Å². The van der Waals surface area contributed by atoms with Gasteiger partial charge in [0.15, 0.2) is 0 Å². The first kappa shape index (κ1) is 20.7. The third kappa shape index (κ3) is 3.87. The van der Waals surface area contributed by atoms with E-state index in [0.717, 1.165) is 24.9 Å². The van der Waals surface area contributed by atoms with Crippen molar-refractivity contribution in [2.24, 2.45) is 11.8 Å². The molecule has 0 aliphatic carbocycles. The fourth-order valence-electron chi connectivity index (χ4n) is 5.36. The fourth-order valence-corrected chi connectivity index (χ4v) is 5.36. The van der Waals surface area contributed by atoms with E-state index in [4.69, 9.17) is 0 Å². The van der Waals surface area contributed by atoms with Crippen molar-refractivity contribution in [2.45, 2.75) is 24.8 Å². The molecule has 3 aliphatic heterocycles. The standard InChI is InChI=1S/C23H27FN6O2/c24-17-4-2-16(3-5-17)6-11-27-22(32)29-12-7-23(8-13-29)19-15-30(14-18(19)20(31)28-23)21-25-9-1-10-26-21/h1-5,9-10,18-19H,6-8,11-15H2,(H,27,32)(H,28,31)/t18-,19+/m1/s1. The van der Waals surface area contributed by atoms with Crippen LogP contribution in [0.2, 0.25) is 0 Å². The largest absolute Gasteiger partial charge is 0.350 e. The van der Waals surface area contributed by atoms with Crippen LogP contribution in [0.25, 0.3) is 0 Å². The topological polar surface area (TPSA) is 90.5 Å². The summed E-state index contributed by atoms with van der Waals surface area (Å²) in [7, 11) is 0. The number of aromatic nitrogens is 2. The van der Waals surface area contributed by atoms with Crippen LogP contribution in [0.3, 0.4) is 0 Å². The first-order valence-electron chi connectivity index (χ1n) is 11.2. The molecule has 2 aromatic rings. The second-order valence-corrected chi connectivity index (χ2v) is 8.91. The van der Waals surface area contributed by atoms with Crippen LogP contribution >= 0.6 is 0 Å². The number of urea groups is 1. The monoisotopic (exact) mass is 438 g/mol. The Morgan fingerprint density at radius 2 is 1.88 bits per heavy atom. The highest BCUT2D eigenvalue weighted by atomic mass is 19.1. The summed E-state index contributed by atoms with van der Waals surface area (Å²) in [5.74, 6) is 0.647. The summed E-state index contributed by atoms with van der Waals surface area (Å²) in [5.41, 5.74) is 0.716. The van der Waals surface area contributed by atoms with E-state index in [1.54, 1.807) is 30.6 Å². The summed E-state index contributed by atoms with van der Waals surface area (Å²) in [5, 5.41) is 6.24. The second kappa shape index (κ2) is 8.37. The van der Waals surface area contributed by atoms with E-state index in [1.807, 2.05) is 4.90 Å². The van der Waals surface area contributed by atoms with Crippen LogP contribution < -0.4 is 15.5 Å². The molecule has 1 spiro atoms. The molecule has 3 saturated heterocycles. The van der Waals surface area contributed by atoms with E-state index < -0.39 is 0 Å². The van der Waals surface area contributed by atoms with Gasteiger partial charge in [0.05, 0.1) is 5.92 Å². The molecule has 0 radical (unpaired) electrons. The molecule has 1 aromatic heterocycles. The minimum atomic E-state index is -0.268. The van der Waals surface area contributed by atoms with Crippen LogP contribution in [-0.2, 0) is 11.2 Å². The molecule has 168 valence electrons. The Labute approximate surface area is 186 Å². The second-order valence-electron chi connectivity index (χ2n) is 8.91. The smallest absolute Gasteiger partial charge is 0.317 e. The zero-order chi connectivity index (χ0) is 22.1. The Kier molecular flexibility index (Phi) is 5.40. The molecule has 2 atom stereocenters. The van der Waals surface area contributed by atoms with Crippen molar-refractivity contribution < 1.29 is 14.0 Å². The van der Waals surface area contributed by atoms with Crippen molar-refractivity contribution in [3.05, 3.63) is 54.1 Å². The van der Waals surface area contributed by atoms with E-state index in [1.165, 1.54) is 12.1 Å². The van der Waals surface area contributed by atoms with Gasteiger partial charge in [-0.1, -0.05) is 12.1 Å². The molecule has 4 heterocycles. The van der Waals surface area contributed by atoms with Crippen LogP contribution in [-0.4, -0.2) is 65.1 Å². The lowest BCUT2D eigenvalue weighted by atomic mass is 9.75. The first-order valence-corrected chi connectivity index (χ1v) is 11.2. The Bertz CT molecular complexity index is 978. The van der Waals surface area contributed by atoms with Crippen LogP contribution in [0.5, 0.6) is 0 Å². The molecule has 32 heavy (non-hydrogen) atoms. The van der Waals surface area contributed by atoms with Crippen molar-refractivity contribution in [2.75, 3.05) is 37.6 Å². The highest BCUT2D eigenvalue weighted by molar-refractivity contribution is 5.84. The van der Waals surface area contributed by atoms with Gasteiger partial charge >= 0.3 is 6.03 Å². The van der Waals surface area contributed by atoms with Gasteiger partial charge < -0.3 is 20.4 Å². The van der Waals surface area contributed by atoms with Crippen molar-refractivity contribution in [3.8, 4) is 0 Å². The average Bonchev–Trinajstić information content (AvgIpc) is 3.37. The van der Waals surface area contributed by atoms with Crippen LogP contribution in [0.15, 0.2) is 42.7 Å². The van der Waals surface area contributed by atoms with E-state index in [0.29, 0.717) is 38.5 Å². The minimum Gasteiger partial charge on any atom is -0.350 e. The first-order chi connectivity index (χ1) is 15.5. The maximum Gasteiger partial charge on any atom is 0.317 e.